The SMILES string of the molecule is C=Cc1c2[n-]c(c1C)/C=C1/[N-]C(C3=c4[n-]c(c(C)c4=C(O)[C@@H]3C(=O)OC)/C=c3\[n-]/c(c(C)c3CC)=C\2)[C@@H](CCC(=O)O)[C@@H]1C.[Mg+2]. The van der Waals surface area contributed by atoms with E-state index >= 15 is 0 Å². The van der Waals surface area contributed by atoms with Gasteiger partial charge < -0.3 is 35.2 Å². The molecule has 0 saturated carbocycles. The van der Waals surface area contributed by atoms with E-state index in [9.17, 15) is 19.8 Å². The van der Waals surface area contributed by atoms with Crippen molar-refractivity contribution in [2.24, 2.45) is 17.8 Å². The van der Waals surface area contributed by atoms with Crippen LogP contribution < -0.4 is 36.2 Å². The van der Waals surface area contributed by atoms with Gasteiger partial charge in [0.25, 0.3) is 0 Å². The predicted molar refractivity (Wildman–Crippen MR) is 174 cm³/mol. The van der Waals surface area contributed by atoms with E-state index in [1.807, 2.05) is 39.0 Å². The fourth-order valence-corrected chi connectivity index (χ4v) is 7.20. The van der Waals surface area contributed by atoms with Crippen LogP contribution in [0.15, 0.2) is 12.3 Å². The Kier molecular flexibility index (Phi) is 8.76. The Balaban J connectivity index is 0.00000400. The molecule has 2 N–H and O–H groups in total. The maximum atomic E-state index is 13.2. The largest absolute Gasteiger partial charge is 2.00 e. The van der Waals surface area contributed by atoms with E-state index in [2.05, 4.69) is 20.4 Å². The molecule has 0 spiro atoms. The minimum atomic E-state index is -1.08. The van der Waals surface area contributed by atoms with Gasteiger partial charge in [0.1, 0.15) is 11.7 Å². The van der Waals surface area contributed by atoms with E-state index in [1.165, 1.54) is 7.11 Å². The van der Waals surface area contributed by atoms with Crippen LogP contribution in [-0.2, 0) is 20.7 Å². The van der Waals surface area contributed by atoms with E-state index in [-0.39, 0.29) is 47.1 Å². The van der Waals surface area contributed by atoms with Gasteiger partial charge >= 0.3 is 35.0 Å². The molecule has 1 fully saturated rings. The summed E-state index contributed by atoms with van der Waals surface area (Å²) in [7, 11) is 1.29. The molecule has 9 nitrogen and oxygen atoms in total. The number of ether oxygens (including phenoxy) is 1. The van der Waals surface area contributed by atoms with Crippen LogP contribution in [0.2, 0.25) is 0 Å². The first-order valence-electron chi connectivity index (χ1n) is 15.0. The maximum Gasteiger partial charge on any atom is 2.00 e. The summed E-state index contributed by atoms with van der Waals surface area (Å²) in [6.07, 6.45) is 8.72. The number of aliphatic hydroxyl groups excluding tert-OH is 1. The Morgan fingerprint density at radius 3 is 2.33 bits per heavy atom. The molecule has 3 aromatic rings. The van der Waals surface area contributed by atoms with Crippen LogP contribution in [0.1, 0.15) is 71.6 Å². The summed E-state index contributed by atoms with van der Waals surface area (Å²) >= 11 is 0. The summed E-state index contributed by atoms with van der Waals surface area (Å²) in [6, 6.07) is -0.601. The van der Waals surface area contributed by atoms with Gasteiger partial charge in [0.2, 0.25) is 0 Å². The van der Waals surface area contributed by atoms with E-state index in [1.54, 1.807) is 6.08 Å². The van der Waals surface area contributed by atoms with Gasteiger partial charge in [-0.05, 0) is 51.0 Å². The zero-order valence-corrected chi connectivity index (χ0v) is 28.0. The number of fused-ring (bicyclic) bond motifs is 8. The molecule has 5 heterocycles. The number of nitrogens with zero attached hydrogens (tertiary/aromatic N) is 4. The molecule has 4 atom stereocenters. The minimum Gasteiger partial charge on any atom is -0.681 e. The average molecular weight is 617 g/mol. The molecule has 8 bridgehead atoms. The van der Waals surface area contributed by atoms with Crippen molar-refractivity contribution in [3.05, 3.63) is 83.8 Å². The number of allylic oxidation sites excluding steroid dienone is 1. The summed E-state index contributed by atoms with van der Waals surface area (Å²) in [6.45, 7) is 14.1. The maximum absolute atomic E-state index is 13.2. The number of carboxylic acid groups (broad SMARTS) is 1. The number of rotatable bonds is 6. The normalized spacial score (nSPS) is 24.0. The van der Waals surface area contributed by atoms with Crippen molar-refractivity contribution in [3.63, 3.8) is 0 Å². The average Bonchev–Trinajstić information content (AvgIpc) is 3.72. The molecule has 1 aliphatic carbocycles. The van der Waals surface area contributed by atoms with Crippen LogP contribution in [0.25, 0.3) is 41.0 Å². The number of methoxy groups -OCH3 is 1. The van der Waals surface area contributed by atoms with Crippen molar-refractivity contribution in [1.82, 2.24) is 15.0 Å². The second-order valence-corrected chi connectivity index (χ2v) is 11.9. The summed E-state index contributed by atoms with van der Waals surface area (Å²) in [5.74, 6) is -3.13. The van der Waals surface area contributed by atoms with Crippen LogP contribution in [0, 0.1) is 38.5 Å². The molecular weight excluding hydrogens is 581 g/mol. The van der Waals surface area contributed by atoms with E-state index in [0.29, 0.717) is 28.3 Å². The fourth-order valence-electron chi connectivity index (χ4n) is 7.20. The monoisotopic (exact) mass is 616 g/mol. The summed E-state index contributed by atoms with van der Waals surface area (Å²) in [5.41, 5.74) is 8.20. The van der Waals surface area contributed by atoms with Crippen molar-refractivity contribution in [2.45, 2.75) is 59.9 Å². The molecule has 1 unspecified atom stereocenters. The van der Waals surface area contributed by atoms with Crippen LogP contribution in [0.5, 0.6) is 0 Å². The number of hydrogen-bond donors (Lipinski definition) is 2. The Morgan fingerprint density at radius 2 is 1.69 bits per heavy atom. The molecule has 3 aromatic heterocycles. The van der Waals surface area contributed by atoms with Crippen molar-refractivity contribution < 1.29 is 24.5 Å². The van der Waals surface area contributed by atoms with Crippen LogP contribution in [-0.4, -0.2) is 58.4 Å². The Labute approximate surface area is 277 Å². The minimum absolute atomic E-state index is 0. The first kappa shape index (κ1) is 32.5. The number of esters is 1. The summed E-state index contributed by atoms with van der Waals surface area (Å²) in [5, 5.41) is 28.9. The molecule has 0 radical (unpaired) electrons. The molecule has 0 amide bonds. The Hall–Kier alpha value is -3.89. The number of aliphatic carboxylic acids is 1. The van der Waals surface area contributed by atoms with Crippen molar-refractivity contribution in [1.29, 1.82) is 0 Å². The van der Waals surface area contributed by atoms with Crippen LogP contribution in [0.4, 0.5) is 0 Å². The zero-order valence-electron chi connectivity index (χ0n) is 26.6. The molecule has 3 aliphatic rings. The van der Waals surface area contributed by atoms with Gasteiger partial charge in [-0.3, -0.25) is 9.59 Å². The number of aromatic nitrogens is 3. The molecule has 1 saturated heterocycles. The second-order valence-electron chi connectivity index (χ2n) is 11.9. The quantitative estimate of drug-likeness (QED) is 0.316. The Bertz CT molecular complexity index is 2030. The molecule has 45 heavy (non-hydrogen) atoms. The zero-order chi connectivity index (χ0) is 31.6. The van der Waals surface area contributed by atoms with Gasteiger partial charge in [-0.1, -0.05) is 78.6 Å². The Morgan fingerprint density at radius 1 is 1.00 bits per heavy atom. The van der Waals surface area contributed by atoms with Gasteiger partial charge in [0.15, 0.2) is 0 Å². The first-order chi connectivity index (χ1) is 21.0. The standard InChI is InChI=1S/C35H36N4O5.Mg/c1-8-19-15(3)22-12-24-17(5)21(10-11-28(40)41)32(38-24)30-31(35(43)44-7)34(42)29-18(6)25(39-33(29)30)14-27-20(9-2)16(4)23(37-27)13-26(19)36-22;/h8,12-14,17,21,31-32,42H,1,9-11H2,2-7H3,(H,40,41);/q-4;+2/b23-13-,24-12+,27-14-;/t17-,21-,31+,32?;/m0./s1. The van der Waals surface area contributed by atoms with Gasteiger partial charge in [0, 0.05) is 11.6 Å². The number of aliphatic hydroxyl groups is 1. The summed E-state index contributed by atoms with van der Waals surface area (Å²) in [4.78, 5) is 40.0. The predicted octanol–water partition coefficient (Wildman–Crippen LogP) is 1.81. The first-order valence-corrected chi connectivity index (χ1v) is 15.0. The number of carbonyl (C=O) groups excluding carboxylic acids is 1. The topological polar surface area (TPSA) is 140 Å². The van der Waals surface area contributed by atoms with Crippen molar-refractivity contribution in [2.75, 3.05) is 7.11 Å². The van der Waals surface area contributed by atoms with E-state index in [0.717, 1.165) is 62.0 Å². The molecule has 230 valence electrons. The number of hydrogen-bond acceptors (Lipinski definition) is 4. The second kappa shape index (κ2) is 12.1. The van der Waals surface area contributed by atoms with Crippen LogP contribution >= 0.6 is 0 Å². The van der Waals surface area contributed by atoms with E-state index < -0.39 is 23.9 Å². The summed E-state index contributed by atoms with van der Waals surface area (Å²) < 4.78 is 5.17. The van der Waals surface area contributed by atoms with E-state index in [4.69, 9.17) is 25.0 Å². The third-order valence-electron chi connectivity index (χ3n) is 9.67. The van der Waals surface area contributed by atoms with Crippen molar-refractivity contribution >= 4 is 70.6 Å². The molecular formula is C35H36MgN4O5-2. The fraction of sp³-hybridized carbons (Fsp3) is 0.371. The van der Waals surface area contributed by atoms with Crippen LogP contribution in [0.3, 0.4) is 0 Å². The third-order valence-corrected chi connectivity index (χ3v) is 9.67. The van der Waals surface area contributed by atoms with Gasteiger partial charge in [-0.2, -0.15) is 5.70 Å². The molecule has 2 aliphatic heterocycles. The molecule has 10 heteroatoms. The van der Waals surface area contributed by atoms with Gasteiger partial charge in [-0.15, -0.1) is 33.1 Å². The molecule has 6 rings (SSSR count). The number of carbonyl (C=O) groups is 2. The third kappa shape index (κ3) is 5.08. The number of carboxylic acids is 1. The van der Waals surface area contributed by atoms with Gasteiger partial charge in [0.05, 0.1) is 7.11 Å². The van der Waals surface area contributed by atoms with Gasteiger partial charge in [-0.25, -0.2) is 0 Å². The molecule has 0 aromatic carbocycles. The smallest absolute Gasteiger partial charge is 0.681 e. The van der Waals surface area contributed by atoms with Crippen molar-refractivity contribution in [3.8, 4) is 0 Å².